The minimum absolute atomic E-state index is 0.171. The van der Waals surface area contributed by atoms with E-state index in [2.05, 4.69) is 30.8 Å². The van der Waals surface area contributed by atoms with Crippen molar-refractivity contribution in [1.29, 1.82) is 0 Å². The summed E-state index contributed by atoms with van der Waals surface area (Å²) in [5.41, 5.74) is 1.12. The number of carbonyl (C=O) groups is 2. The van der Waals surface area contributed by atoms with Crippen LogP contribution in [0.2, 0.25) is 0 Å². The summed E-state index contributed by atoms with van der Waals surface area (Å²) >= 11 is 1.68. The van der Waals surface area contributed by atoms with E-state index in [0.29, 0.717) is 6.42 Å². The van der Waals surface area contributed by atoms with Crippen LogP contribution in [0.1, 0.15) is 17.1 Å². The lowest BCUT2D eigenvalue weighted by Crippen LogP contribution is -2.62. The standard InChI is InChI=1S/C13H19N5O2S/c1-9-14-10(8-21-9)7-17-2-4-18(5-3-17)11-6-12(19)16-13(20)15-11/h8,11H,2-7H2,1H3,(H2,15,16,19,20). The molecule has 1 aromatic rings. The molecular formula is C13H19N5O2S. The predicted molar refractivity (Wildman–Crippen MR) is 78.8 cm³/mol. The van der Waals surface area contributed by atoms with Crippen LogP contribution >= 0.6 is 11.3 Å². The lowest BCUT2D eigenvalue weighted by Gasteiger charge is -2.40. The second-order valence-electron chi connectivity index (χ2n) is 5.41. The largest absolute Gasteiger partial charge is 0.322 e. The molecule has 3 amide bonds. The van der Waals surface area contributed by atoms with Gasteiger partial charge >= 0.3 is 6.03 Å². The Morgan fingerprint density at radius 3 is 2.71 bits per heavy atom. The van der Waals surface area contributed by atoms with Crippen molar-refractivity contribution < 1.29 is 9.59 Å². The Hall–Kier alpha value is -1.51. The number of thiazole rings is 1. The number of aryl methyl sites for hydroxylation is 1. The number of hydrogen-bond acceptors (Lipinski definition) is 6. The van der Waals surface area contributed by atoms with Crippen LogP contribution in [0.5, 0.6) is 0 Å². The van der Waals surface area contributed by atoms with Crippen LogP contribution in [-0.2, 0) is 11.3 Å². The molecule has 2 aliphatic heterocycles. The molecule has 2 aliphatic rings. The van der Waals surface area contributed by atoms with Gasteiger partial charge in [-0.3, -0.25) is 19.9 Å². The van der Waals surface area contributed by atoms with Gasteiger partial charge in [-0.15, -0.1) is 11.3 Å². The van der Waals surface area contributed by atoms with E-state index >= 15 is 0 Å². The van der Waals surface area contributed by atoms with E-state index in [9.17, 15) is 9.59 Å². The molecule has 2 fully saturated rings. The molecule has 2 N–H and O–H groups in total. The van der Waals surface area contributed by atoms with Gasteiger partial charge in [0.15, 0.2) is 0 Å². The van der Waals surface area contributed by atoms with Crippen molar-refractivity contribution in [2.24, 2.45) is 0 Å². The number of hydrogen-bond donors (Lipinski definition) is 2. The Morgan fingerprint density at radius 1 is 1.33 bits per heavy atom. The summed E-state index contributed by atoms with van der Waals surface area (Å²) < 4.78 is 0. The van der Waals surface area contributed by atoms with Crippen LogP contribution in [0.4, 0.5) is 4.79 Å². The number of amides is 3. The minimum atomic E-state index is -0.392. The fourth-order valence-corrected chi connectivity index (χ4v) is 3.36. The van der Waals surface area contributed by atoms with Gasteiger partial charge in [0.1, 0.15) is 0 Å². The molecule has 3 heterocycles. The highest BCUT2D eigenvalue weighted by molar-refractivity contribution is 7.09. The van der Waals surface area contributed by atoms with E-state index in [0.717, 1.165) is 43.4 Å². The van der Waals surface area contributed by atoms with E-state index in [4.69, 9.17) is 0 Å². The third-order valence-electron chi connectivity index (χ3n) is 3.83. The molecule has 3 rings (SSSR count). The highest BCUT2D eigenvalue weighted by Crippen LogP contribution is 2.14. The Morgan fingerprint density at radius 2 is 2.10 bits per heavy atom. The lowest BCUT2D eigenvalue weighted by atomic mass is 10.2. The summed E-state index contributed by atoms with van der Waals surface area (Å²) in [4.78, 5) is 31.8. The fraction of sp³-hybridized carbons (Fsp3) is 0.615. The molecule has 1 unspecified atom stereocenters. The molecular weight excluding hydrogens is 290 g/mol. The van der Waals surface area contributed by atoms with E-state index in [1.54, 1.807) is 11.3 Å². The molecule has 7 nitrogen and oxygen atoms in total. The summed E-state index contributed by atoms with van der Waals surface area (Å²) in [5.74, 6) is -0.205. The molecule has 1 atom stereocenters. The van der Waals surface area contributed by atoms with Gasteiger partial charge in [0.25, 0.3) is 0 Å². The first-order valence-electron chi connectivity index (χ1n) is 7.08. The highest BCUT2D eigenvalue weighted by atomic mass is 32.1. The molecule has 21 heavy (non-hydrogen) atoms. The molecule has 114 valence electrons. The smallest absolute Gasteiger partial charge is 0.322 e. The Balaban J connectivity index is 1.50. The number of piperazine rings is 1. The summed E-state index contributed by atoms with van der Waals surface area (Å²) in [5, 5.41) is 8.27. The van der Waals surface area contributed by atoms with Crippen molar-refractivity contribution in [3.63, 3.8) is 0 Å². The molecule has 2 saturated heterocycles. The van der Waals surface area contributed by atoms with Gasteiger partial charge in [-0.1, -0.05) is 0 Å². The van der Waals surface area contributed by atoms with Crippen molar-refractivity contribution in [2.45, 2.75) is 26.1 Å². The average Bonchev–Trinajstić information content (AvgIpc) is 2.84. The van der Waals surface area contributed by atoms with Crippen molar-refractivity contribution in [2.75, 3.05) is 26.2 Å². The van der Waals surface area contributed by atoms with Gasteiger partial charge < -0.3 is 5.32 Å². The van der Waals surface area contributed by atoms with Crippen LogP contribution in [0.25, 0.3) is 0 Å². The number of urea groups is 1. The van der Waals surface area contributed by atoms with Crippen molar-refractivity contribution >= 4 is 23.3 Å². The van der Waals surface area contributed by atoms with Crippen LogP contribution in [0.15, 0.2) is 5.38 Å². The molecule has 0 bridgehead atoms. The van der Waals surface area contributed by atoms with Crippen molar-refractivity contribution in [3.05, 3.63) is 16.1 Å². The molecule has 1 aromatic heterocycles. The zero-order valence-corrected chi connectivity index (χ0v) is 12.8. The first-order valence-corrected chi connectivity index (χ1v) is 7.96. The third kappa shape index (κ3) is 3.58. The van der Waals surface area contributed by atoms with Crippen molar-refractivity contribution in [1.82, 2.24) is 25.4 Å². The monoisotopic (exact) mass is 309 g/mol. The fourth-order valence-electron chi connectivity index (χ4n) is 2.76. The Kier molecular flexibility index (Phi) is 4.18. The van der Waals surface area contributed by atoms with Gasteiger partial charge in [0.05, 0.1) is 23.3 Å². The SMILES string of the molecule is Cc1nc(CN2CCN(C3CC(=O)NC(=O)N3)CC2)cs1. The van der Waals surface area contributed by atoms with E-state index < -0.39 is 6.03 Å². The number of rotatable bonds is 3. The van der Waals surface area contributed by atoms with E-state index in [1.165, 1.54) is 0 Å². The van der Waals surface area contributed by atoms with Gasteiger partial charge in [-0.05, 0) is 6.92 Å². The summed E-state index contributed by atoms with van der Waals surface area (Å²) in [6.45, 7) is 6.43. The molecule has 0 aliphatic carbocycles. The van der Waals surface area contributed by atoms with Gasteiger partial charge in [0, 0.05) is 38.1 Å². The van der Waals surface area contributed by atoms with E-state index in [-0.39, 0.29) is 12.1 Å². The molecule has 8 heteroatoms. The first kappa shape index (κ1) is 14.4. The molecule has 0 saturated carbocycles. The zero-order chi connectivity index (χ0) is 14.8. The second-order valence-corrected chi connectivity index (χ2v) is 6.47. The highest BCUT2D eigenvalue weighted by Gasteiger charge is 2.30. The first-order chi connectivity index (χ1) is 10.1. The third-order valence-corrected chi connectivity index (χ3v) is 4.65. The van der Waals surface area contributed by atoms with E-state index in [1.807, 2.05) is 6.92 Å². The minimum Gasteiger partial charge on any atom is -0.322 e. The maximum absolute atomic E-state index is 11.4. The van der Waals surface area contributed by atoms with Crippen LogP contribution in [0, 0.1) is 6.92 Å². The van der Waals surface area contributed by atoms with Gasteiger partial charge in [0.2, 0.25) is 5.91 Å². The molecule has 0 aromatic carbocycles. The lowest BCUT2D eigenvalue weighted by molar-refractivity contribution is -0.122. The number of nitrogens with zero attached hydrogens (tertiary/aromatic N) is 3. The maximum Gasteiger partial charge on any atom is 0.322 e. The van der Waals surface area contributed by atoms with Crippen molar-refractivity contribution in [3.8, 4) is 0 Å². The predicted octanol–water partition coefficient (Wildman–Crippen LogP) is 0.125. The number of nitrogens with one attached hydrogen (secondary N) is 2. The van der Waals surface area contributed by atoms with Gasteiger partial charge in [-0.2, -0.15) is 0 Å². The van der Waals surface area contributed by atoms with Crippen LogP contribution < -0.4 is 10.6 Å². The maximum atomic E-state index is 11.4. The Labute approximate surface area is 127 Å². The zero-order valence-electron chi connectivity index (χ0n) is 12.0. The number of aromatic nitrogens is 1. The summed E-state index contributed by atoms with van der Waals surface area (Å²) in [6, 6.07) is -0.392. The number of imide groups is 1. The summed E-state index contributed by atoms with van der Waals surface area (Å²) in [6.07, 6.45) is 0.159. The normalized spacial score (nSPS) is 24.7. The van der Waals surface area contributed by atoms with Gasteiger partial charge in [-0.25, -0.2) is 9.78 Å². The van der Waals surface area contributed by atoms with Crippen LogP contribution in [-0.4, -0.2) is 59.1 Å². The Bertz CT molecular complexity index is 522. The number of carbonyl (C=O) groups excluding carboxylic acids is 2. The van der Waals surface area contributed by atoms with Crippen LogP contribution in [0.3, 0.4) is 0 Å². The molecule has 0 spiro atoms. The quantitative estimate of drug-likeness (QED) is 0.829. The second kappa shape index (κ2) is 6.08. The average molecular weight is 309 g/mol. The molecule has 0 radical (unpaired) electrons. The summed E-state index contributed by atoms with van der Waals surface area (Å²) in [7, 11) is 0. The topological polar surface area (TPSA) is 77.6 Å².